The van der Waals surface area contributed by atoms with E-state index in [1.165, 1.54) is 12.7 Å². The van der Waals surface area contributed by atoms with E-state index in [0.29, 0.717) is 17.3 Å². The predicted octanol–water partition coefficient (Wildman–Crippen LogP) is 3.19. The number of carbonyl (C=O) groups excluding carboxylic acids is 1. The van der Waals surface area contributed by atoms with E-state index < -0.39 is 0 Å². The van der Waals surface area contributed by atoms with Crippen molar-refractivity contribution in [2.45, 2.75) is 19.8 Å². The Morgan fingerprint density at radius 3 is 2.63 bits per heavy atom. The van der Waals surface area contributed by atoms with E-state index in [0.717, 1.165) is 10.9 Å². The van der Waals surface area contributed by atoms with Crippen molar-refractivity contribution in [1.82, 2.24) is 4.98 Å². The van der Waals surface area contributed by atoms with Crippen LogP contribution in [0, 0.1) is 0 Å². The first-order valence-corrected chi connectivity index (χ1v) is 6.27. The minimum atomic E-state index is -0.343. The quantitative estimate of drug-likeness (QED) is 0.859. The number of ether oxygens (including phenoxy) is 1. The van der Waals surface area contributed by atoms with E-state index in [9.17, 15) is 4.79 Å². The Labute approximate surface area is 112 Å². The topological polar surface area (TPSA) is 51.2 Å². The molecule has 4 nitrogen and oxygen atoms in total. The maximum absolute atomic E-state index is 11.9. The van der Waals surface area contributed by atoms with Crippen LogP contribution in [0.5, 0.6) is 0 Å². The molecule has 0 amide bonds. The minimum Gasteiger partial charge on any atom is -0.465 e. The van der Waals surface area contributed by atoms with Crippen LogP contribution in [0.4, 0.5) is 5.82 Å². The smallest absolute Gasteiger partial charge is 0.338 e. The summed E-state index contributed by atoms with van der Waals surface area (Å²) in [6.45, 7) is 4.24. The van der Waals surface area contributed by atoms with Gasteiger partial charge in [-0.1, -0.05) is 19.9 Å². The van der Waals surface area contributed by atoms with Gasteiger partial charge in [-0.15, -0.1) is 0 Å². The van der Waals surface area contributed by atoms with Crippen LogP contribution >= 0.6 is 0 Å². The second kappa shape index (κ2) is 5.26. The molecule has 4 heteroatoms. The molecular weight excluding hydrogens is 240 g/mol. The average Bonchev–Trinajstić information content (AvgIpc) is 2.44. The number of esters is 1. The molecule has 0 spiro atoms. The molecule has 0 aliphatic carbocycles. The molecule has 1 N–H and O–H groups in total. The molecule has 0 unspecified atom stereocenters. The molecule has 0 aliphatic rings. The van der Waals surface area contributed by atoms with Crippen molar-refractivity contribution in [3.63, 3.8) is 0 Å². The number of carbonyl (C=O) groups is 1. The van der Waals surface area contributed by atoms with Crippen molar-refractivity contribution in [1.29, 1.82) is 0 Å². The molecule has 100 valence electrons. The van der Waals surface area contributed by atoms with Crippen LogP contribution in [0.15, 0.2) is 24.3 Å². The maximum Gasteiger partial charge on any atom is 0.338 e. The van der Waals surface area contributed by atoms with Gasteiger partial charge in [0.2, 0.25) is 0 Å². The van der Waals surface area contributed by atoms with Crippen LogP contribution < -0.4 is 5.32 Å². The third-order valence-corrected chi connectivity index (χ3v) is 3.16. The fraction of sp³-hybridized carbons (Fsp3) is 0.333. The molecule has 1 aromatic heterocycles. The van der Waals surface area contributed by atoms with Gasteiger partial charge in [-0.05, 0) is 29.7 Å². The lowest BCUT2D eigenvalue weighted by Gasteiger charge is -2.11. The standard InChI is InChI=1S/C15H18N2O2/c1-9(2)10-5-6-13-11(7-10)12(15(18)19-4)8-14(16-3)17-13/h5-9H,1-4H3,(H,16,17). The number of hydrogen-bond donors (Lipinski definition) is 1. The number of pyridine rings is 1. The van der Waals surface area contributed by atoms with Gasteiger partial charge in [-0.3, -0.25) is 0 Å². The van der Waals surface area contributed by atoms with Gasteiger partial charge in [-0.2, -0.15) is 0 Å². The molecule has 2 rings (SSSR count). The number of aromatic nitrogens is 1. The van der Waals surface area contributed by atoms with E-state index in [1.807, 2.05) is 18.2 Å². The molecule has 0 aliphatic heterocycles. The molecule has 0 saturated carbocycles. The molecule has 19 heavy (non-hydrogen) atoms. The zero-order chi connectivity index (χ0) is 14.0. The molecule has 0 atom stereocenters. The third-order valence-electron chi connectivity index (χ3n) is 3.16. The number of hydrogen-bond acceptors (Lipinski definition) is 4. The monoisotopic (exact) mass is 258 g/mol. The zero-order valence-corrected chi connectivity index (χ0v) is 11.7. The zero-order valence-electron chi connectivity index (χ0n) is 11.7. The highest BCUT2D eigenvalue weighted by Gasteiger charge is 2.14. The van der Waals surface area contributed by atoms with Crippen molar-refractivity contribution in [3.8, 4) is 0 Å². The van der Waals surface area contributed by atoms with Crippen LogP contribution in [-0.4, -0.2) is 25.1 Å². The van der Waals surface area contributed by atoms with Crippen molar-refractivity contribution >= 4 is 22.7 Å². The van der Waals surface area contributed by atoms with E-state index in [2.05, 4.69) is 24.1 Å². The third kappa shape index (κ3) is 2.52. The first-order chi connectivity index (χ1) is 9.06. The van der Waals surface area contributed by atoms with Crippen molar-refractivity contribution in [2.75, 3.05) is 19.5 Å². The summed E-state index contributed by atoms with van der Waals surface area (Å²) < 4.78 is 4.85. The Bertz CT molecular complexity index is 621. The van der Waals surface area contributed by atoms with Gasteiger partial charge in [0, 0.05) is 12.4 Å². The van der Waals surface area contributed by atoms with Gasteiger partial charge in [0.05, 0.1) is 18.2 Å². The number of methoxy groups -OCH3 is 1. The molecule has 0 saturated heterocycles. The summed E-state index contributed by atoms with van der Waals surface area (Å²) in [5, 5.41) is 3.79. The van der Waals surface area contributed by atoms with Crippen molar-refractivity contribution in [2.24, 2.45) is 0 Å². The van der Waals surface area contributed by atoms with Gasteiger partial charge >= 0.3 is 5.97 Å². The number of fused-ring (bicyclic) bond motifs is 1. The fourth-order valence-electron chi connectivity index (χ4n) is 2.01. The van der Waals surface area contributed by atoms with Crippen LogP contribution in [-0.2, 0) is 4.74 Å². The van der Waals surface area contributed by atoms with Gasteiger partial charge in [0.15, 0.2) is 0 Å². The highest BCUT2D eigenvalue weighted by molar-refractivity contribution is 6.04. The lowest BCUT2D eigenvalue weighted by molar-refractivity contribution is 0.0603. The number of nitrogens with zero attached hydrogens (tertiary/aromatic N) is 1. The summed E-state index contributed by atoms with van der Waals surface area (Å²) in [6.07, 6.45) is 0. The molecular formula is C15H18N2O2. The van der Waals surface area contributed by atoms with E-state index in [1.54, 1.807) is 13.1 Å². The normalized spacial score (nSPS) is 10.8. The predicted molar refractivity (Wildman–Crippen MR) is 76.7 cm³/mol. The van der Waals surface area contributed by atoms with Crippen LogP contribution in [0.1, 0.15) is 35.7 Å². The summed E-state index contributed by atoms with van der Waals surface area (Å²) in [6, 6.07) is 7.72. The van der Waals surface area contributed by atoms with Crippen molar-refractivity contribution < 1.29 is 9.53 Å². The molecule has 0 radical (unpaired) electrons. The Balaban J connectivity index is 2.73. The number of nitrogens with one attached hydrogen (secondary N) is 1. The molecule has 0 fully saturated rings. The second-order valence-corrected chi connectivity index (χ2v) is 4.73. The molecule has 0 bridgehead atoms. The Hall–Kier alpha value is -2.10. The number of anilines is 1. The Morgan fingerprint density at radius 2 is 2.05 bits per heavy atom. The highest BCUT2D eigenvalue weighted by Crippen LogP contribution is 2.25. The van der Waals surface area contributed by atoms with Crippen LogP contribution in [0.3, 0.4) is 0 Å². The maximum atomic E-state index is 11.9. The van der Waals surface area contributed by atoms with Gasteiger partial charge in [0.1, 0.15) is 5.82 Å². The first-order valence-electron chi connectivity index (χ1n) is 6.27. The number of benzene rings is 1. The fourth-order valence-corrected chi connectivity index (χ4v) is 2.01. The van der Waals surface area contributed by atoms with Gasteiger partial charge in [0.25, 0.3) is 0 Å². The summed E-state index contributed by atoms with van der Waals surface area (Å²) in [5.41, 5.74) is 2.51. The second-order valence-electron chi connectivity index (χ2n) is 4.73. The molecule has 1 heterocycles. The average molecular weight is 258 g/mol. The molecule has 1 aromatic carbocycles. The lowest BCUT2D eigenvalue weighted by atomic mass is 9.99. The summed E-state index contributed by atoms with van der Waals surface area (Å²) in [5.74, 6) is 0.717. The highest BCUT2D eigenvalue weighted by atomic mass is 16.5. The van der Waals surface area contributed by atoms with Crippen molar-refractivity contribution in [3.05, 3.63) is 35.4 Å². The largest absolute Gasteiger partial charge is 0.465 e. The molecule has 2 aromatic rings. The summed E-state index contributed by atoms with van der Waals surface area (Å²) in [4.78, 5) is 16.4. The lowest BCUT2D eigenvalue weighted by Crippen LogP contribution is -2.05. The van der Waals surface area contributed by atoms with Crippen LogP contribution in [0.25, 0.3) is 10.9 Å². The van der Waals surface area contributed by atoms with Gasteiger partial charge in [-0.25, -0.2) is 9.78 Å². The van der Waals surface area contributed by atoms with Gasteiger partial charge < -0.3 is 10.1 Å². The SMILES string of the molecule is CNc1cc(C(=O)OC)c2cc(C(C)C)ccc2n1. The van der Waals surface area contributed by atoms with E-state index >= 15 is 0 Å². The number of rotatable bonds is 3. The minimum absolute atomic E-state index is 0.343. The van der Waals surface area contributed by atoms with E-state index in [4.69, 9.17) is 4.74 Å². The van der Waals surface area contributed by atoms with Crippen LogP contribution in [0.2, 0.25) is 0 Å². The summed E-state index contributed by atoms with van der Waals surface area (Å²) in [7, 11) is 3.16. The Morgan fingerprint density at radius 1 is 1.32 bits per heavy atom. The Kier molecular flexibility index (Phi) is 3.69. The summed E-state index contributed by atoms with van der Waals surface area (Å²) >= 11 is 0. The first kappa shape index (κ1) is 13.3. The van der Waals surface area contributed by atoms with E-state index in [-0.39, 0.29) is 5.97 Å².